The van der Waals surface area contributed by atoms with E-state index in [1.807, 2.05) is 0 Å². The highest BCUT2D eigenvalue weighted by Crippen LogP contribution is 2.42. The number of aliphatic hydroxyl groups is 1. The summed E-state index contributed by atoms with van der Waals surface area (Å²) < 4.78 is 39.0. The minimum atomic E-state index is -4.42. The van der Waals surface area contributed by atoms with E-state index < -0.39 is 17.3 Å². The van der Waals surface area contributed by atoms with Crippen LogP contribution in [-0.2, 0) is 11.8 Å². The van der Waals surface area contributed by atoms with Gasteiger partial charge in [-0.25, -0.2) is 0 Å². The molecule has 0 spiro atoms. The average Bonchev–Trinajstić information content (AvgIpc) is 3.12. The SMILES string of the molecule is OC1(c2ccccc2C(F)(F)F)CCN(C2CC2)C1. The fraction of sp³-hybridized carbons (Fsp3) is 0.571. The highest BCUT2D eigenvalue weighted by molar-refractivity contribution is 5.35. The Hall–Kier alpha value is -1.07. The molecule has 1 aliphatic heterocycles. The number of hydrogen-bond acceptors (Lipinski definition) is 2. The molecule has 1 saturated heterocycles. The fourth-order valence-electron chi connectivity index (χ4n) is 2.93. The lowest BCUT2D eigenvalue weighted by Gasteiger charge is -2.27. The van der Waals surface area contributed by atoms with E-state index in [1.165, 1.54) is 12.1 Å². The summed E-state index contributed by atoms with van der Waals surface area (Å²) in [6, 6.07) is 5.84. The molecular formula is C14H16F3NO. The van der Waals surface area contributed by atoms with Gasteiger partial charge in [0.2, 0.25) is 0 Å². The third kappa shape index (κ3) is 2.37. The highest BCUT2D eigenvalue weighted by atomic mass is 19.4. The van der Waals surface area contributed by atoms with E-state index >= 15 is 0 Å². The summed E-state index contributed by atoms with van der Waals surface area (Å²) in [5.74, 6) is 0. The molecule has 3 rings (SSSR count). The lowest BCUT2D eigenvalue weighted by molar-refractivity contribution is -0.140. The Kier molecular flexibility index (Phi) is 2.87. The second kappa shape index (κ2) is 4.21. The highest BCUT2D eigenvalue weighted by Gasteiger charge is 2.46. The fourth-order valence-corrected chi connectivity index (χ4v) is 2.93. The van der Waals surface area contributed by atoms with Gasteiger partial charge in [0, 0.05) is 19.1 Å². The van der Waals surface area contributed by atoms with Crippen LogP contribution in [-0.4, -0.2) is 29.1 Å². The van der Waals surface area contributed by atoms with Crippen LogP contribution in [0.15, 0.2) is 24.3 Å². The van der Waals surface area contributed by atoms with Crippen LogP contribution in [0.3, 0.4) is 0 Å². The van der Waals surface area contributed by atoms with Crippen LogP contribution in [0, 0.1) is 0 Å². The first-order valence-electron chi connectivity index (χ1n) is 6.53. The predicted molar refractivity (Wildman–Crippen MR) is 64.6 cm³/mol. The summed E-state index contributed by atoms with van der Waals surface area (Å²) in [4.78, 5) is 2.10. The van der Waals surface area contributed by atoms with E-state index in [1.54, 1.807) is 6.07 Å². The van der Waals surface area contributed by atoms with E-state index in [4.69, 9.17) is 0 Å². The van der Waals surface area contributed by atoms with Gasteiger partial charge in [0.1, 0.15) is 5.60 Å². The minimum Gasteiger partial charge on any atom is -0.384 e. The number of likely N-dealkylation sites (tertiary alicyclic amines) is 1. The van der Waals surface area contributed by atoms with E-state index in [2.05, 4.69) is 4.90 Å². The van der Waals surface area contributed by atoms with Gasteiger partial charge in [-0.05, 0) is 30.9 Å². The predicted octanol–water partition coefficient (Wildman–Crippen LogP) is 2.76. The first-order chi connectivity index (χ1) is 8.90. The number of hydrogen-bond donors (Lipinski definition) is 1. The molecule has 2 fully saturated rings. The third-order valence-electron chi connectivity index (χ3n) is 4.07. The van der Waals surface area contributed by atoms with Crippen LogP contribution in [0.1, 0.15) is 30.4 Å². The van der Waals surface area contributed by atoms with Crippen LogP contribution in [0.25, 0.3) is 0 Å². The Bertz CT molecular complexity index is 484. The van der Waals surface area contributed by atoms with Crippen LogP contribution in [0.2, 0.25) is 0 Å². The van der Waals surface area contributed by atoms with Gasteiger partial charge < -0.3 is 5.11 Å². The molecular weight excluding hydrogens is 255 g/mol. The molecule has 0 radical (unpaired) electrons. The number of alkyl halides is 3. The van der Waals surface area contributed by atoms with Crippen molar-refractivity contribution in [2.24, 2.45) is 0 Å². The Labute approximate surface area is 109 Å². The molecule has 1 atom stereocenters. The summed E-state index contributed by atoms with van der Waals surface area (Å²) >= 11 is 0. The molecule has 0 amide bonds. The molecule has 1 heterocycles. The lowest BCUT2D eigenvalue weighted by atomic mass is 9.89. The molecule has 19 heavy (non-hydrogen) atoms. The first kappa shape index (κ1) is 12.9. The molecule has 5 heteroatoms. The molecule has 1 aromatic rings. The number of rotatable bonds is 2. The average molecular weight is 271 g/mol. The van der Waals surface area contributed by atoms with Crippen molar-refractivity contribution in [2.75, 3.05) is 13.1 Å². The van der Waals surface area contributed by atoms with Gasteiger partial charge in [0.25, 0.3) is 0 Å². The summed E-state index contributed by atoms with van der Waals surface area (Å²) in [6.07, 6.45) is -1.86. The van der Waals surface area contributed by atoms with Crippen LogP contribution in [0.5, 0.6) is 0 Å². The summed E-state index contributed by atoms with van der Waals surface area (Å²) in [6.45, 7) is 0.984. The van der Waals surface area contributed by atoms with Gasteiger partial charge in [-0.1, -0.05) is 18.2 Å². The quantitative estimate of drug-likeness (QED) is 0.894. The zero-order valence-corrected chi connectivity index (χ0v) is 10.5. The lowest BCUT2D eigenvalue weighted by Crippen LogP contribution is -2.33. The van der Waals surface area contributed by atoms with Gasteiger partial charge in [0.05, 0.1) is 5.56 Å². The van der Waals surface area contributed by atoms with Crippen LogP contribution < -0.4 is 0 Å². The number of β-amino-alcohol motifs (C(OH)–C–C–N with tert-alkyl or cyclic N) is 1. The van der Waals surface area contributed by atoms with Crippen molar-refractivity contribution in [2.45, 2.75) is 37.1 Å². The minimum absolute atomic E-state index is 0.0191. The molecule has 2 nitrogen and oxygen atoms in total. The van der Waals surface area contributed by atoms with Crippen LogP contribution in [0.4, 0.5) is 13.2 Å². The molecule has 1 aromatic carbocycles. The molecule has 1 saturated carbocycles. The molecule has 1 aliphatic carbocycles. The monoisotopic (exact) mass is 271 g/mol. The second-order valence-corrected chi connectivity index (χ2v) is 5.53. The number of benzene rings is 1. The summed E-state index contributed by atoms with van der Waals surface area (Å²) in [5.41, 5.74) is -2.06. The van der Waals surface area contributed by atoms with Crippen molar-refractivity contribution in [1.29, 1.82) is 0 Å². The molecule has 2 aliphatic rings. The molecule has 0 aromatic heterocycles. The smallest absolute Gasteiger partial charge is 0.384 e. The molecule has 0 bridgehead atoms. The molecule has 104 valence electrons. The second-order valence-electron chi connectivity index (χ2n) is 5.53. The van der Waals surface area contributed by atoms with E-state index in [9.17, 15) is 18.3 Å². The maximum Gasteiger partial charge on any atom is 0.416 e. The van der Waals surface area contributed by atoms with Crippen molar-refractivity contribution in [1.82, 2.24) is 4.90 Å². The van der Waals surface area contributed by atoms with Crippen LogP contribution >= 0.6 is 0 Å². The van der Waals surface area contributed by atoms with Crippen molar-refractivity contribution in [3.8, 4) is 0 Å². The molecule has 1 unspecified atom stereocenters. The van der Waals surface area contributed by atoms with Crippen molar-refractivity contribution >= 4 is 0 Å². The Morgan fingerprint density at radius 2 is 1.89 bits per heavy atom. The van der Waals surface area contributed by atoms with E-state index in [0.29, 0.717) is 25.6 Å². The van der Waals surface area contributed by atoms with Gasteiger partial charge in [-0.2, -0.15) is 13.2 Å². The summed E-state index contributed by atoms with van der Waals surface area (Å²) in [7, 11) is 0. The Balaban J connectivity index is 1.93. The Morgan fingerprint density at radius 1 is 1.21 bits per heavy atom. The largest absolute Gasteiger partial charge is 0.416 e. The van der Waals surface area contributed by atoms with Gasteiger partial charge in [0.15, 0.2) is 0 Å². The van der Waals surface area contributed by atoms with E-state index in [0.717, 1.165) is 18.9 Å². The molecule has 1 N–H and O–H groups in total. The zero-order chi connectivity index (χ0) is 13.7. The van der Waals surface area contributed by atoms with Crippen molar-refractivity contribution in [3.63, 3.8) is 0 Å². The standard InChI is InChI=1S/C14H16F3NO/c15-14(16,17)12-4-2-1-3-11(12)13(19)7-8-18(9-13)10-5-6-10/h1-4,10,19H,5-9H2. The summed E-state index contributed by atoms with van der Waals surface area (Å²) in [5, 5.41) is 10.6. The number of halogens is 3. The maximum absolute atomic E-state index is 13.0. The van der Waals surface area contributed by atoms with Crippen molar-refractivity contribution in [3.05, 3.63) is 35.4 Å². The van der Waals surface area contributed by atoms with Gasteiger partial charge in [-0.3, -0.25) is 4.90 Å². The Morgan fingerprint density at radius 3 is 2.53 bits per heavy atom. The maximum atomic E-state index is 13.0. The zero-order valence-electron chi connectivity index (χ0n) is 10.5. The van der Waals surface area contributed by atoms with E-state index in [-0.39, 0.29) is 5.56 Å². The van der Waals surface area contributed by atoms with Gasteiger partial charge in [-0.15, -0.1) is 0 Å². The first-order valence-corrected chi connectivity index (χ1v) is 6.53. The topological polar surface area (TPSA) is 23.5 Å². The van der Waals surface area contributed by atoms with Gasteiger partial charge >= 0.3 is 6.18 Å². The van der Waals surface area contributed by atoms with Crippen molar-refractivity contribution < 1.29 is 18.3 Å². The normalized spacial score (nSPS) is 28.8. The number of nitrogens with zero attached hydrogens (tertiary/aromatic N) is 1. The third-order valence-corrected chi connectivity index (χ3v) is 4.07.